The zero-order chi connectivity index (χ0) is 64.9. The highest BCUT2D eigenvalue weighted by Crippen LogP contribution is 2.25. The molecule has 482 valence electrons. The van der Waals surface area contributed by atoms with Gasteiger partial charge in [0.2, 0.25) is 20.0 Å². The number of Topliss-reactive ketones (excluding diaryl/α,β-unsaturated/α-hetero) is 1. The van der Waals surface area contributed by atoms with Crippen LogP contribution in [-0.4, -0.2) is 135 Å². The van der Waals surface area contributed by atoms with Crippen LogP contribution in [0.2, 0.25) is 0 Å². The molecule has 0 amide bonds. The van der Waals surface area contributed by atoms with Crippen molar-refractivity contribution in [2.75, 3.05) is 78.0 Å². The van der Waals surface area contributed by atoms with Crippen LogP contribution >= 0.6 is 15.9 Å². The molecular formula is C72H79BrN6O11S2. The number of ether oxygens (including phenoxy) is 2. The molecule has 2 fully saturated rings. The number of nitrogens with zero attached hydrogens (tertiary/aromatic N) is 4. The lowest BCUT2D eigenvalue weighted by atomic mass is 9.99. The number of aromatic carboxylic acids is 2. The molecule has 17 nitrogen and oxygen atoms in total. The number of nitrogens with one attached hydrogen (secondary N) is 1. The fraction of sp³-hybridized carbons (Fsp3) is 0.292. The van der Waals surface area contributed by atoms with Crippen molar-refractivity contribution in [1.82, 2.24) is 23.7 Å². The normalized spacial score (nSPS) is 15.9. The monoisotopic (exact) mass is 1350 g/mol. The van der Waals surface area contributed by atoms with Gasteiger partial charge < -0.3 is 30.7 Å². The Balaban J connectivity index is 0.000000148. The summed E-state index contributed by atoms with van der Waals surface area (Å²) >= 11 is 3.27. The van der Waals surface area contributed by atoms with Crippen molar-refractivity contribution in [3.63, 3.8) is 0 Å². The van der Waals surface area contributed by atoms with Crippen LogP contribution in [0.15, 0.2) is 204 Å². The number of anilines is 1. The van der Waals surface area contributed by atoms with Gasteiger partial charge in [-0.3, -0.25) is 14.6 Å². The van der Waals surface area contributed by atoms with Crippen molar-refractivity contribution >= 4 is 59.4 Å². The van der Waals surface area contributed by atoms with Gasteiger partial charge in [0.15, 0.2) is 5.78 Å². The van der Waals surface area contributed by atoms with Gasteiger partial charge in [0.1, 0.15) is 0 Å². The van der Waals surface area contributed by atoms with E-state index in [1.54, 1.807) is 72.8 Å². The summed E-state index contributed by atoms with van der Waals surface area (Å²) in [6.07, 6.45) is 3.58. The molecule has 0 aromatic heterocycles. The van der Waals surface area contributed by atoms with E-state index in [0.29, 0.717) is 75.0 Å². The first-order valence-corrected chi connectivity index (χ1v) is 34.8. The maximum atomic E-state index is 12.8. The third kappa shape index (κ3) is 19.7. The van der Waals surface area contributed by atoms with E-state index < -0.39 is 32.0 Å². The number of carboxylic acids is 2. The van der Waals surface area contributed by atoms with Crippen LogP contribution in [0.4, 0.5) is 5.69 Å². The van der Waals surface area contributed by atoms with E-state index in [1.165, 1.54) is 66.1 Å². The van der Waals surface area contributed by atoms with Gasteiger partial charge in [-0.1, -0.05) is 149 Å². The maximum absolute atomic E-state index is 12.8. The van der Waals surface area contributed by atoms with Gasteiger partial charge in [0, 0.05) is 95.0 Å². The van der Waals surface area contributed by atoms with Crippen molar-refractivity contribution in [2.24, 2.45) is 0 Å². The lowest BCUT2D eigenvalue weighted by Gasteiger charge is -2.28. The molecule has 8 aromatic rings. The smallest absolute Gasteiger partial charge is 0.335 e. The van der Waals surface area contributed by atoms with Crippen molar-refractivity contribution < 1.29 is 50.9 Å². The summed E-state index contributed by atoms with van der Waals surface area (Å²) in [6.45, 7) is 11.2. The molecule has 5 aliphatic heterocycles. The number of fused-ring (bicyclic) bond motifs is 3. The summed E-state index contributed by atoms with van der Waals surface area (Å²) in [5.41, 5.74) is 20.3. The Morgan fingerprint density at radius 1 is 0.446 bits per heavy atom. The van der Waals surface area contributed by atoms with E-state index in [9.17, 15) is 31.2 Å². The molecule has 0 atom stereocenters. The van der Waals surface area contributed by atoms with Gasteiger partial charge in [-0.15, -0.1) is 0 Å². The Labute approximate surface area is 548 Å². The quantitative estimate of drug-likeness (QED) is 0.0451. The standard InChI is InChI=1S/C28H30N2O4S.C17H17NO2.C10H14N2O3S.C9H11N.C8H7BrO2/c31-28(19-22-7-11-27(12-8-22)35(32,33)30-15-17-34-18-16-30)25-9-5-23(6-10-25)20-29-14-13-24-3-1-2-4-26(24)21-29;19-17(20)15-7-5-13(6-8-15)11-18-10-9-14-3-1-2-4-16(14)12-18;11-9-1-3-10(4-2-9)16(13,14)12-5-7-15-8-6-12;1-2-4-9-7-10-6-5-8(9)3-1;9-5-6-1-3-7(4-2-6)8(10)11/h1-12H,13-21H2;1-8H,9-12H2,(H,19,20);1-4H,5-8,11H2;1-4,10H,5-7H2;1-4H,5H2,(H,10,11). The number of hydrogen-bond acceptors (Lipinski definition) is 13. The number of carboxylic acid groups (broad SMARTS) is 2. The zero-order valence-corrected chi connectivity index (χ0v) is 54.7. The SMILES string of the molecule is Nc1ccc(S(=O)(=O)N2CCOCC2)cc1.O=C(Cc1ccc(S(=O)(=O)N2CCOCC2)cc1)c1ccc(CN2CCc3ccccc3C2)cc1.O=C(O)c1ccc(CBr)cc1.O=C(O)c1ccc(CN2CCc3ccccc3C2)cc1.c1ccc2c(c1)CCNC2. The van der Waals surface area contributed by atoms with Gasteiger partial charge in [0.25, 0.3) is 0 Å². The number of alkyl halides is 1. The van der Waals surface area contributed by atoms with Crippen LogP contribution in [0.3, 0.4) is 0 Å². The molecule has 5 N–H and O–H groups in total. The minimum Gasteiger partial charge on any atom is -0.478 e. The average Bonchev–Trinajstić information content (AvgIpc) is 1.11. The molecule has 13 rings (SSSR count). The van der Waals surface area contributed by atoms with Crippen LogP contribution in [0, 0.1) is 0 Å². The predicted molar refractivity (Wildman–Crippen MR) is 361 cm³/mol. The molecule has 5 heterocycles. The van der Waals surface area contributed by atoms with Gasteiger partial charge in [0.05, 0.1) is 47.3 Å². The number of nitrogen functional groups attached to an aromatic ring is 1. The van der Waals surface area contributed by atoms with Crippen LogP contribution in [0.25, 0.3) is 0 Å². The Kier molecular flexibility index (Phi) is 25.2. The predicted octanol–water partition coefficient (Wildman–Crippen LogP) is 10.5. The topological polar surface area (TPSA) is 229 Å². The molecule has 8 aromatic carbocycles. The van der Waals surface area contributed by atoms with E-state index >= 15 is 0 Å². The first-order chi connectivity index (χ1) is 44.5. The second-order valence-electron chi connectivity index (χ2n) is 22.8. The molecule has 0 radical (unpaired) electrons. The van der Waals surface area contributed by atoms with Gasteiger partial charge in [-0.2, -0.15) is 8.61 Å². The number of rotatable bonds is 14. The van der Waals surface area contributed by atoms with E-state index in [-0.39, 0.29) is 22.0 Å². The minimum atomic E-state index is -3.53. The third-order valence-corrected chi connectivity index (χ3v) is 20.9. The van der Waals surface area contributed by atoms with E-state index in [2.05, 4.69) is 104 Å². The fourth-order valence-electron chi connectivity index (χ4n) is 11.2. The van der Waals surface area contributed by atoms with E-state index in [0.717, 1.165) is 87.2 Å². The lowest BCUT2D eigenvalue weighted by Crippen LogP contribution is -2.40. The Morgan fingerprint density at radius 2 is 0.815 bits per heavy atom. The van der Waals surface area contributed by atoms with Crippen LogP contribution in [0.5, 0.6) is 0 Å². The number of ketones is 1. The summed E-state index contributed by atoms with van der Waals surface area (Å²) in [7, 11) is -6.91. The molecule has 5 aliphatic rings. The van der Waals surface area contributed by atoms with Gasteiger partial charge >= 0.3 is 11.9 Å². The first kappa shape index (κ1) is 68.6. The fourth-order valence-corrected chi connectivity index (χ4v) is 14.4. The van der Waals surface area contributed by atoms with Crippen molar-refractivity contribution in [3.8, 4) is 0 Å². The molecule has 0 aliphatic carbocycles. The number of carbonyl (C=O) groups is 3. The van der Waals surface area contributed by atoms with Crippen molar-refractivity contribution in [1.29, 1.82) is 0 Å². The summed E-state index contributed by atoms with van der Waals surface area (Å²) < 4.78 is 63.1. The number of halogens is 1. The summed E-state index contributed by atoms with van der Waals surface area (Å²) in [6, 6.07) is 60.5. The first-order valence-electron chi connectivity index (χ1n) is 30.8. The molecule has 92 heavy (non-hydrogen) atoms. The number of nitrogens with two attached hydrogens (primary N) is 1. The van der Waals surface area contributed by atoms with Crippen LogP contribution in [0.1, 0.15) is 86.7 Å². The van der Waals surface area contributed by atoms with E-state index in [1.807, 2.05) is 36.4 Å². The second-order valence-corrected chi connectivity index (χ2v) is 27.3. The number of carbonyl (C=O) groups excluding carboxylic acids is 1. The van der Waals surface area contributed by atoms with Gasteiger partial charge in [-0.05, 0) is 142 Å². The molecule has 0 bridgehead atoms. The lowest BCUT2D eigenvalue weighted by molar-refractivity contribution is 0.0686. The number of benzene rings is 8. The average molecular weight is 1350 g/mol. The maximum Gasteiger partial charge on any atom is 0.335 e. The number of sulfonamides is 2. The molecule has 0 saturated carbocycles. The van der Waals surface area contributed by atoms with Crippen LogP contribution in [-0.2, 0) is 93.3 Å². The molecule has 0 spiro atoms. The highest BCUT2D eigenvalue weighted by Gasteiger charge is 2.28. The minimum absolute atomic E-state index is 0.0206. The second kappa shape index (κ2) is 33.7. The van der Waals surface area contributed by atoms with E-state index in [4.69, 9.17) is 25.4 Å². The number of hydrogen-bond donors (Lipinski definition) is 4. The van der Waals surface area contributed by atoms with Crippen molar-refractivity contribution in [3.05, 3.63) is 266 Å². The van der Waals surface area contributed by atoms with Crippen LogP contribution < -0.4 is 11.1 Å². The zero-order valence-electron chi connectivity index (χ0n) is 51.5. The highest BCUT2D eigenvalue weighted by molar-refractivity contribution is 9.08. The molecule has 20 heteroatoms. The highest BCUT2D eigenvalue weighted by atomic mass is 79.9. The summed E-state index contributed by atoms with van der Waals surface area (Å²) in [5, 5.41) is 21.5. The summed E-state index contributed by atoms with van der Waals surface area (Å²) in [5.74, 6) is -1.73. The van der Waals surface area contributed by atoms with Crippen molar-refractivity contribution in [2.45, 2.75) is 73.5 Å². The summed E-state index contributed by atoms with van der Waals surface area (Å²) in [4.78, 5) is 39.4. The Morgan fingerprint density at radius 3 is 1.23 bits per heavy atom. The van der Waals surface area contributed by atoms with Gasteiger partial charge in [-0.25, -0.2) is 26.4 Å². The largest absolute Gasteiger partial charge is 0.478 e. The molecular weight excluding hydrogens is 1270 g/mol. The Bertz CT molecular complexity index is 3920. The number of morpholine rings is 2. The third-order valence-electron chi connectivity index (χ3n) is 16.5. The molecule has 0 unspecified atom stereocenters. The Hall–Kier alpha value is -7.73. The molecule has 2 saturated heterocycles.